The molecule has 1 N–H and O–H groups in total. The first kappa shape index (κ1) is 21.9. The minimum Gasteiger partial charge on any atom is -0.325 e. The van der Waals surface area contributed by atoms with Crippen LogP contribution in [0, 0.1) is 0 Å². The predicted octanol–water partition coefficient (Wildman–Crippen LogP) is 3.96. The van der Waals surface area contributed by atoms with Gasteiger partial charge in [-0.1, -0.05) is 23.9 Å². The van der Waals surface area contributed by atoms with Gasteiger partial charge in [-0.15, -0.1) is 0 Å². The van der Waals surface area contributed by atoms with E-state index in [4.69, 9.17) is 0 Å². The number of aromatic nitrogens is 2. The van der Waals surface area contributed by atoms with Crippen LogP contribution < -0.4 is 5.32 Å². The fraction of sp³-hybridized carbons (Fsp3) is 0.364. The molecule has 7 nitrogen and oxygen atoms in total. The summed E-state index contributed by atoms with van der Waals surface area (Å²) in [6.45, 7) is 5.80. The molecule has 1 saturated heterocycles. The third-order valence-electron chi connectivity index (χ3n) is 5.41. The quantitative estimate of drug-likeness (QED) is 0.542. The van der Waals surface area contributed by atoms with Gasteiger partial charge in [0.2, 0.25) is 15.9 Å². The first-order valence-electron chi connectivity index (χ1n) is 10.4. The van der Waals surface area contributed by atoms with Crippen LogP contribution in [0.1, 0.15) is 26.7 Å². The van der Waals surface area contributed by atoms with Gasteiger partial charge in [0.15, 0.2) is 5.16 Å². The second kappa shape index (κ2) is 9.02. The fourth-order valence-corrected chi connectivity index (χ4v) is 6.20. The summed E-state index contributed by atoms with van der Waals surface area (Å²) in [5.41, 5.74) is 2.53. The number of benzene rings is 2. The van der Waals surface area contributed by atoms with E-state index in [0.29, 0.717) is 18.8 Å². The number of amides is 1. The largest absolute Gasteiger partial charge is 0.325 e. The molecule has 2 heterocycles. The lowest BCUT2D eigenvalue weighted by Gasteiger charge is -2.16. The number of nitrogens with zero attached hydrogens (tertiary/aromatic N) is 3. The molecule has 1 aliphatic heterocycles. The number of hydrogen-bond acceptors (Lipinski definition) is 5. The summed E-state index contributed by atoms with van der Waals surface area (Å²) in [7, 11) is -3.46. The van der Waals surface area contributed by atoms with Crippen molar-refractivity contribution in [2.24, 2.45) is 0 Å². The summed E-state index contributed by atoms with van der Waals surface area (Å²) in [6.07, 6.45) is 1.80. The Kier molecular flexibility index (Phi) is 6.36. The molecule has 1 unspecified atom stereocenters. The van der Waals surface area contributed by atoms with E-state index in [-0.39, 0.29) is 16.1 Å². The van der Waals surface area contributed by atoms with Crippen molar-refractivity contribution in [3.05, 3.63) is 48.5 Å². The molecule has 1 fully saturated rings. The number of fused-ring (bicyclic) bond motifs is 1. The normalized spacial score (nSPS) is 15.9. The van der Waals surface area contributed by atoms with Crippen molar-refractivity contribution >= 4 is 44.4 Å². The average molecular weight is 459 g/mol. The third kappa shape index (κ3) is 4.49. The van der Waals surface area contributed by atoms with Crippen LogP contribution in [0.15, 0.2) is 58.6 Å². The Morgan fingerprint density at radius 3 is 2.48 bits per heavy atom. The van der Waals surface area contributed by atoms with Gasteiger partial charge in [-0.2, -0.15) is 4.31 Å². The maximum absolute atomic E-state index is 12.7. The first-order chi connectivity index (χ1) is 14.9. The van der Waals surface area contributed by atoms with Gasteiger partial charge in [-0.3, -0.25) is 4.79 Å². The SMILES string of the molecule is CCn1c(SC(C)C(=O)Nc2ccc(S(=O)(=O)N3CCCC3)cc2)nc2ccccc21. The van der Waals surface area contributed by atoms with Crippen LogP contribution in [-0.4, -0.2) is 46.5 Å². The number of aryl methyl sites for hydroxylation is 1. The molecule has 1 aromatic heterocycles. The molecular weight excluding hydrogens is 432 g/mol. The molecule has 2 aromatic carbocycles. The molecule has 0 spiro atoms. The van der Waals surface area contributed by atoms with Crippen LogP contribution in [0.25, 0.3) is 11.0 Å². The maximum Gasteiger partial charge on any atom is 0.243 e. The highest BCUT2D eigenvalue weighted by molar-refractivity contribution is 8.00. The van der Waals surface area contributed by atoms with Crippen molar-refractivity contribution in [3.63, 3.8) is 0 Å². The van der Waals surface area contributed by atoms with Gasteiger partial charge in [-0.05, 0) is 63.1 Å². The highest BCUT2D eigenvalue weighted by Gasteiger charge is 2.27. The smallest absolute Gasteiger partial charge is 0.243 e. The molecule has 9 heteroatoms. The lowest BCUT2D eigenvalue weighted by Crippen LogP contribution is -2.27. The Bertz CT molecular complexity index is 1180. The Balaban J connectivity index is 1.43. The van der Waals surface area contributed by atoms with Crippen molar-refractivity contribution < 1.29 is 13.2 Å². The highest BCUT2D eigenvalue weighted by atomic mass is 32.2. The van der Waals surface area contributed by atoms with Crippen molar-refractivity contribution in [3.8, 4) is 0 Å². The van der Waals surface area contributed by atoms with E-state index in [1.165, 1.54) is 16.1 Å². The number of imidazole rings is 1. The van der Waals surface area contributed by atoms with Gasteiger partial charge in [0.25, 0.3) is 0 Å². The summed E-state index contributed by atoms with van der Waals surface area (Å²) in [5.74, 6) is -0.158. The number of rotatable bonds is 7. The zero-order chi connectivity index (χ0) is 22.0. The zero-order valence-electron chi connectivity index (χ0n) is 17.6. The minimum atomic E-state index is -3.46. The molecule has 3 aromatic rings. The van der Waals surface area contributed by atoms with E-state index in [1.807, 2.05) is 31.2 Å². The molecule has 0 aliphatic carbocycles. The van der Waals surface area contributed by atoms with Crippen molar-refractivity contribution in [1.29, 1.82) is 0 Å². The summed E-state index contributed by atoms with van der Waals surface area (Å²) >= 11 is 1.41. The summed E-state index contributed by atoms with van der Waals surface area (Å²) in [4.78, 5) is 17.6. The molecule has 1 amide bonds. The minimum absolute atomic E-state index is 0.158. The summed E-state index contributed by atoms with van der Waals surface area (Å²) < 4.78 is 28.9. The standard InChI is InChI=1S/C22H26N4O3S2/c1-3-26-20-9-5-4-8-19(20)24-22(26)30-16(2)21(27)23-17-10-12-18(13-11-17)31(28,29)25-14-6-7-15-25/h4-5,8-13,16H,3,6-7,14-15H2,1-2H3,(H,23,27). The monoisotopic (exact) mass is 458 g/mol. The summed E-state index contributed by atoms with van der Waals surface area (Å²) in [6, 6.07) is 14.3. The molecule has 0 bridgehead atoms. The van der Waals surface area contributed by atoms with Gasteiger partial charge < -0.3 is 9.88 Å². The number of carbonyl (C=O) groups is 1. The number of carbonyl (C=O) groups excluding carboxylic acids is 1. The average Bonchev–Trinajstić information content (AvgIpc) is 3.42. The molecule has 1 atom stereocenters. The second-order valence-electron chi connectivity index (χ2n) is 7.51. The molecule has 0 radical (unpaired) electrons. The second-order valence-corrected chi connectivity index (χ2v) is 10.8. The molecular formula is C22H26N4O3S2. The molecule has 4 rings (SSSR count). The number of hydrogen-bond donors (Lipinski definition) is 1. The van der Waals surface area contributed by atoms with Gasteiger partial charge in [0.1, 0.15) is 0 Å². The van der Waals surface area contributed by atoms with Crippen LogP contribution in [0.4, 0.5) is 5.69 Å². The lowest BCUT2D eigenvalue weighted by atomic mass is 10.3. The van der Waals surface area contributed by atoms with E-state index in [2.05, 4.69) is 21.8 Å². The fourth-order valence-electron chi connectivity index (χ4n) is 3.69. The molecule has 31 heavy (non-hydrogen) atoms. The Morgan fingerprint density at radius 1 is 1.13 bits per heavy atom. The lowest BCUT2D eigenvalue weighted by molar-refractivity contribution is -0.115. The molecule has 0 saturated carbocycles. The topological polar surface area (TPSA) is 84.3 Å². The number of sulfonamides is 1. The van der Waals surface area contributed by atoms with E-state index in [0.717, 1.165) is 35.6 Å². The number of para-hydroxylation sites is 2. The van der Waals surface area contributed by atoms with E-state index in [1.54, 1.807) is 24.3 Å². The van der Waals surface area contributed by atoms with Gasteiger partial charge >= 0.3 is 0 Å². The highest BCUT2D eigenvalue weighted by Crippen LogP contribution is 2.28. The third-order valence-corrected chi connectivity index (χ3v) is 8.41. The van der Waals surface area contributed by atoms with E-state index in [9.17, 15) is 13.2 Å². The van der Waals surface area contributed by atoms with E-state index >= 15 is 0 Å². The van der Waals surface area contributed by atoms with Crippen LogP contribution >= 0.6 is 11.8 Å². The first-order valence-corrected chi connectivity index (χ1v) is 12.7. The molecule has 1 aliphatic rings. The van der Waals surface area contributed by atoms with Crippen LogP contribution in [0.3, 0.4) is 0 Å². The van der Waals surface area contributed by atoms with Crippen molar-refractivity contribution in [2.75, 3.05) is 18.4 Å². The summed E-state index contributed by atoms with van der Waals surface area (Å²) in [5, 5.41) is 3.31. The van der Waals surface area contributed by atoms with Gasteiger partial charge in [0.05, 0.1) is 21.2 Å². The van der Waals surface area contributed by atoms with Crippen LogP contribution in [-0.2, 0) is 21.4 Å². The number of nitrogens with one attached hydrogen (secondary N) is 1. The number of thioether (sulfide) groups is 1. The molecule has 164 valence electrons. The van der Waals surface area contributed by atoms with Gasteiger partial charge in [-0.25, -0.2) is 13.4 Å². The Hall–Kier alpha value is -2.36. The predicted molar refractivity (Wildman–Crippen MR) is 124 cm³/mol. The Labute approximate surface area is 186 Å². The maximum atomic E-state index is 12.7. The van der Waals surface area contributed by atoms with Crippen LogP contribution in [0.2, 0.25) is 0 Å². The zero-order valence-corrected chi connectivity index (χ0v) is 19.2. The van der Waals surface area contributed by atoms with Crippen molar-refractivity contribution in [2.45, 2.75) is 48.5 Å². The van der Waals surface area contributed by atoms with Crippen LogP contribution in [0.5, 0.6) is 0 Å². The van der Waals surface area contributed by atoms with Crippen molar-refractivity contribution in [1.82, 2.24) is 13.9 Å². The van der Waals surface area contributed by atoms with E-state index < -0.39 is 10.0 Å². The number of anilines is 1. The Morgan fingerprint density at radius 2 is 1.81 bits per heavy atom. The van der Waals surface area contributed by atoms with Gasteiger partial charge in [0, 0.05) is 25.3 Å².